The van der Waals surface area contributed by atoms with Crippen molar-refractivity contribution in [2.24, 2.45) is 0 Å². The molecule has 0 aliphatic carbocycles. The van der Waals surface area contributed by atoms with E-state index in [1.54, 1.807) is 31.3 Å². The summed E-state index contributed by atoms with van der Waals surface area (Å²) in [5, 5.41) is 3.37. The van der Waals surface area contributed by atoms with Gasteiger partial charge in [-0.3, -0.25) is 30.1 Å². The van der Waals surface area contributed by atoms with E-state index >= 15 is 0 Å². The van der Waals surface area contributed by atoms with E-state index in [-0.39, 0.29) is 31.1 Å². The van der Waals surface area contributed by atoms with Gasteiger partial charge >= 0.3 is 0 Å². The second kappa shape index (κ2) is 9.98. The van der Waals surface area contributed by atoms with Crippen molar-refractivity contribution in [3.8, 4) is 5.75 Å². The first-order chi connectivity index (χ1) is 12.0. The number of carbonyl (C=O) groups is 3. The van der Waals surface area contributed by atoms with Crippen molar-refractivity contribution < 1.29 is 19.1 Å². The molecule has 0 fully saturated rings. The number of rotatable bonds is 7. The van der Waals surface area contributed by atoms with Crippen LogP contribution in [-0.4, -0.2) is 54.9 Å². The van der Waals surface area contributed by atoms with Gasteiger partial charge in [0.05, 0.1) is 13.1 Å². The summed E-state index contributed by atoms with van der Waals surface area (Å²) in [6.45, 7) is 5.39. The van der Waals surface area contributed by atoms with Gasteiger partial charge in [-0.2, -0.15) is 0 Å². The van der Waals surface area contributed by atoms with Gasteiger partial charge in [0.15, 0.2) is 6.61 Å². The first-order valence-electron chi connectivity index (χ1n) is 8.01. The van der Waals surface area contributed by atoms with Crippen molar-refractivity contribution in [2.75, 3.05) is 26.7 Å². The third kappa shape index (κ3) is 9.85. The van der Waals surface area contributed by atoms with E-state index in [0.29, 0.717) is 10.8 Å². The van der Waals surface area contributed by atoms with Gasteiger partial charge in [0, 0.05) is 10.6 Å². The van der Waals surface area contributed by atoms with E-state index in [4.69, 9.17) is 16.3 Å². The predicted molar refractivity (Wildman–Crippen MR) is 98.6 cm³/mol. The Morgan fingerprint density at radius 3 is 2.12 bits per heavy atom. The summed E-state index contributed by atoms with van der Waals surface area (Å²) in [4.78, 5) is 36.7. The smallest absolute Gasteiger partial charge is 0.276 e. The average molecular weight is 385 g/mol. The molecule has 8 nitrogen and oxygen atoms in total. The highest BCUT2D eigenvalue weighted by molar-refractivity contribution is 6.30. The molecule has 1 aromatic rings. The molecule has 0 bridgehead atoms. The molecule has 0 radical (unpaired) electrons. The van der Waals surface area contributed by atoms with Crippen molar-refractivity contribution >= 4 is 29.3 Å². The van der Waals surface area contributed by atoms with Crippen LogP contribution in [-0.2, 0) is 14.4 Å². The highest BCUT2D eigenvalue weighted by Gasteiger charge is 2.16. The third-order valence-electron chi connectivity index (χ3n) is 2.87. The van der Waals surface area contributed by atoms with E-state index in [1.165, 1.54) is 4.90 Å². The van der Waals surface area contributed by atoms with Crippen LogP contribution >= 0.6 is 11.6 Å². The fourth-order valence-corrected chi connectivity index (χ4v) is 2.02. The Balaban J connectivity index is 2.25. The van der Waals surface area contributed by atoms with Crippen molar-refractivity contribution in [3.63, 3.8) is 0 Å². The molecule has 0 heterocycles. The molecule has 3 N–H and O–H groups in total. The zero-order valence-electron chi connectivity index (χ0n) is 15.4. The van der Waals surface area contributed by atoms with Gasteiger partial charge in [0.2, 0.25) is 5.91 Å². The lowest BCUT2D eigenvalue weighted by atomic mass is 10.1. The number of nitrogens with one attached hydrogen (secondary N) is 3. The normalized spacial score (nSPS) is 11.0. The SMILES string of the molecule is CN(CC(=O)NNC(=O)COc1ccc(Cl)cc1)CC(=O)NC(C)(C)C. The number of amides is 3. The monoisotopic (exact) mass is 384 g/mol. The summed E-state index contributed by atoms with van der Waals surface area (Å²) in [6, 6.07) is 6.54. The van der Waals surface area contributed by atoms with Gasteiger partial charge in [0.1, 0.15) is 5.75 Å². The van der Waals surface area contributed by atoms with E-state index < -0.39 is 11.8 Å². The lowest BCUT2D eigenvalue weighted by molar-refractivity contribution is -0.131. The number of nitrogens with zero attached hydrogens (tertiary/aromatic N) is 1. The molecule has 0 saturated heterocycles. The van der Waals surface area contributed by atoms with Gasteiger partial charge in [-0.15, -0.1) is 0 Å². The number of benzene rings is 1. The van der Waals surface area contributed by atoms with E-state index in [0.717, 1.165) is 0 Å². The molecule has 0 saturated carbocycles. The van der Waals surface area contributed by atoms with Gasteiger partial charge in [-0.05, 0) is 52.1 Å². The van der Waals surface area contributed by atoms with Crippen LogP contribution in [0.3, 0.4) is 0 Å². The fraction of sp³-hybridized carbons (Fsp3) is 0.471. The Hall–Kier alpha value is -2.32. The average Bonchev–Trinajstić information content (AvgIpc) is 2.50. The molecule has 26 heavy (non-hydrogen) atoms. The number of carbonyl (C=O) groups excluding carboxylic acids is 3. The van der Waals surface area contributed by atoms with Crippen LogP contribution in [0.1, 0.15) is 20.8 Å². The minimum atomic E-state index is -0.513. The molecule has 9 heteroatoms. The Labute approximate surface area is 158 Å². The molecule has 1 aromatic carbocycles. The molecule has 0 aliphatic heterocycles. The topological polar surface area (TPSA) is 99.8 Å². The summed E-state index contributed by atoms with van der Waals surface area (Å²) in [5.41, 5.74) is 4.18. The molecule has 0 unspecified atom stereocenters. The van der Waals surface area contributed by atoms with Gasteiger partial charge < -0.3 is 10.1 Å². The second-order valence-electron chi connectivity index (χ2n) is 6.81. The van der Waals surface area contributed by atoms with Crippen LogP contribution in [0.2, 0.25) is 5.02 Å². The van der Waals surface area contributed by atoms with Gasteiger partial charge in [0.25, 0.3) is 11.8 Å². The summed E-state index contributed by atoms with van der Waals surface area (Å²) < 4.78 is 5.25. The van der Waals surface area contributed by atoms with Gasteiger partial charge in [-0.25, -0.2) is 0 Å². The summed E-state index contributed by atoms with van der Waals surface area (Å²) >= 11 is 5.75. The van der Waals surface area contributed by atoms with Crippen LogP contribution in [0.25, 0.3) is 0 Å². The third-order valence-corrected chi connectivity index (χ3v) is 3.12. The van der Waals surface area contributed by atoms with Gasteiger partial charge in [-0.1, -0.05) is 11.6 Å². The van der Waals surface area contributed by atoms with Crippen LogP contribution in [0.15, 0.2) is 24.3 Å². The molecule has 144 valence electrons. The summed E-state index contributed by atoms with van der Waals surface area (Å²) in [7, 11) is 1.63. The maximum Gasteiger partial charge on any atom is 0.276 e. The Morgan fingerprint density at radius 2 is 1.54 bits per heavy atom. The second-order valence-corrected chi connectivity index (χ2v) is 7.25. The predicted octanol–water partition coefficient (Wildman–Crippen LogP) is 0.713. The van der Waals surface area contributed by atoms with Crippen molar-refractivity contribution in [3.05, 3.63) is 29.3 Å². The first kappa shape index (κ1) is 21.7. The number of likely N-dealkylation sites (N-methyl/N-ethyl adjacent to an activating group) is 1. The largest absolute Gasteiger partial charge is 0.484 e. The zero-order valence-corrected chi connectivity index (χ0v) is 16.1. The number of hydrogen-bond acceptors (Lipinski definition) is 5. The van der Waals surface area contributed by atoms with Crippen LogP contribution in [0.5, 0.6) is 5.75 Å². The Kier molecular flexibility index (Phi) is 8.34. The maximum atomic E-state index is 11.8. The van der Waals surface area contributed by atoms with Crippen molar-refractivity contribution in [1.82, 2.24) is 21.1 Å². The molecular weight excluding hydrogens is 360 g/mol. The highest BCUT2D eigenvalue weighted by atomic mass is 35.5. The molecule has 0 aromatic heterocycles. The maximum absolute atomic E-state index is 11.8. The summed E-state index contributed by atoms with van der Waals surface area (Å²) in [6.07, 6.45) is 0. The minimum absolute atomic E-state index is 0.0457. The fourth-order valence-electron chi connectivity index (χ4n) is 1.90. The Morgan fingerprint density at radius 1 is 1.00 bits per heavy atom. The first-order valence-corrected chi connectivity index (χ1v) is 8.38. The van der Waals surface area contributed by atoms with Crippen LogP contribution in [0.4, 0.5) is 0 Å². The zero-order chi connectivity index (χ0) is 19.7. The van der Waals surface area contributed by atoms with Crippen molar-refractivity contribution in [2.45, 2.75) is 26.3 Å². The number of ether oxygens (including phenoxy) is 1. The van der Waals surface area contributed by atoms with Crippen LogP contribution in [0, 0.1) is 0 Å². The quantitative estimate of drug-likeness (QED) is 0.601. The lowest BCUT2D eigenvalue weighted by Gasteiger charge is -2.23. The lowest BCUT2D eigenvalue weighted by Crippen LogP contribution is -2.49. The summed E-state index contributed by atoms with van der Waals surface area (Å²) in [5.74, 6) is -0.661. The standard InChI is InChI=1S/C17H25ClN4O4/c1-17(2,3)19-14(23)9-22(4)10-15(24)20-21-16(25)11-26-13-7-5-12(18)6-8-13/h5-8H,9-11H2,1-4H3,(H,19,23)(H,20,24)(H,21,25). The molecular formula is C17H25ClN4O4. The number of hydrazine groups is 1. The molecule has 1 rings (SSSR count). The van der Waals surface area contributed by atoms with E-state index in [9.17, 15) is 14.4 Å². The Bertz CT molecular complexity index is 629. The van der Waals surface area contributed by atoms with Crippen molar-refractivity contribution in [1.29, 1.82) is 0 Å². The number of hydrogen-bond donors (Lipinski definition) is 3. The van der Waals surface area contributed by atoms with Crippen LogP contribution < -0.4 is 20.9 Å². The molecule has 0 aliphatic rings. The molecule has 0 atom stereocenters. The number of halogens is 1. The van der Waals surface area contributed by atoms with E-state index in [2.05, 4.69) is 16.2 Å². The van der Waals surface area contributed by atoms with E-state index in [1.807, 2.05) is 20.8 Å². The minimum Gasteiger partial charge on any atom is -0.484 e. The molecule has 3 amide bonds. The highest BCUT2D eigenvalue weighted by Crippen LogP contribution is 2.15. The molecule has 0 spiro atoms.